The van der Waals surface area contributed by atoms with E-state index >= 15 is 0 Å². The molecule has 2 aliphatic carbocycles. The van der Waals surface area contributed by atoms with Gasteiger partial charge >= 0.3 is 6.09 Å². The molecule has 16 nitrogen and oxygen atoms in total. The Hall–Kier alpha value is -4.95. The number of carbonyl (C=O) groups excluding carboxylic acids is 3. The molecule has 3 amide bonds. The molecule has 65 heavy (non-hydrogen) atoms. The van der Waals surface area contributed by atoms with Crippen LogP contribution in [0.2, 0.25) is 0 Å². The Labute approximate surface area is 389 Å². The minimum Gasteiger partial charge on any atom is -0.451 e. The topological polar surface area (TPSA) is 207 Å². The zero-order valence-corrected chi connectivity index (χ0v) is 39.4. The van der Waals surface area contributed by atoms with Crippen LogP contribution in [0.25, 0.3) is 22.1 Å². The number of nitrogens with zero attached hydrogens (tertiary/aromatic N) is 9. The second-order valence-electron chi connectivity index (χ2n) is 17.7. The Morgan fingerprint density at radius 3 is 1.32 bits per heavy atom. The Balaban J connectivity index is 0.000000232. The summed E-state index contributed by atoms with van der Waals surface area (Å²) in [6.07, 6.45) is 24.2. The van der Waals surface area contributed by atoms with Crippen LogP contribution < -0.4 is 22.7 Å². The first-order chi connectivity index (χ1) is 31.3. The number of aliphatic hydroxyl groups excluding tert-OH is 1. The van der Waals surface area contributed by atoms with Gasteiger partial charge in [0.15, 0.2) is 0 Å². The van der Waals surface area contributed by atoms with E-state index in [0.29, 0.717) is 17.3 Å². The summed E-state index contributed by atoms with van der Waals surface area (Å²) in [5.74, 6) is -0.908. The largest absolute Gasteiger partial charge is 0.451 e. The van der Waals surface area contributed by atoms with E-state index in [1.165, 1.54) is 97.0 Å². The number of piperidine rings is 2. The van der Waals surface area contributed by atoms with E-state index in [2.05, 4.69) is 28.9 Å². The summed E-state index contributed by atoms with van der Waals surface area (Å²) in [5.41, 5.74) is 15.7. The molecule has 8 rings (SSSR count). The van der Waals surface area contributed by atoms with Crippen LogP contribution >= 0.6 is 12.4 Å². The van der Waals surface area contributed by atoms with Gasteiger partial charge in [-0.05, 0) is 75.6 Å². The number of nitrogens with two attached hydrogens (primary N) is 2. The van der Waals surface area contributed by atoms with Gasteiger partial charge in [-0.2, -0.15) is 5.26 Å². The molecule has 0 radical (unpaired) electrons. The Morgan fingerprint density at radius 2 is 0.954 bits per heavy atom. The standard InChI is InChI=1S/C24H35N5O3.C23H32N6O.CH4O.ClH/c1-32-24(31)26-23-28(17-22(25)30)20-11-7-8-12-21(20)29(23)19-13-15-27(16-14-19)18-9-5-3-2-4-6-10-18;24-17-26-23-28(16-22(25)30)20-10-6-7-11-21(20)29(23)19-12-14-27(15-13-19)18-8-4-2-1-3-5-9-18;1-2;/h7-8,11-12,18-19H,2-6,9-10,13-17H2,1H3,(H2,25,30);6-7,10-11,18-19H,1-5,8-9,12-16H2,(H2,25,30);2H,1H3;1H. The fourth-order valence-electron chi connectivity index (χ4n) is 10.8. The number of aliphatic hydroxyl groups is 1. The van der Waals surface area contributed by atoms with Crippen LogP contribution in [0.3, 0.4) is 0 Å². The number of fused-ring (bicyclic) bond motifs is 2. The molecule has 2 saturated heterocycles. The van der Waals surface area contributed by atoms with Gasteiger partial charge in [0, 0.05) is 57.5 Å². The number of rotatable bonds is 8. The number of methoxy groups -OCH3 is 1. The highest BCUT2D eigenvalue weighted by atomic mass is 35.5. The van der Waals surface area contributed by atoms with Gasteiger partial charge in [-0.25, -0.2) is 4.79 Å². The van der Waals surface area contributed by atoms with Crippen molar-refractivity contribution in [2.45, 2.75) is 153 Å². The minimum atomic E-state index is -0.681. The number of ether oxygens (including phenoxy) is 1. The lowest BCUT2D eigenvalue weighted by molar-refractivity contribution is -0.119. The van der Waals surface area contributed by atoms with Gasteiger partial charge < -0.3 is 44.8 Å². The Kier molecular flexibility index (Phi) is 20.2. The van der Waals surface area contributed by atoms with Crippen molar-refractivity contribution in [3.8, 4) is 6.19 Å². The third kappa shape index (κ3) is 12.9. The van der Waals surface area contributed by atoms with Crippen molar-refractivity contribution >= 4 is 52.4 Å². The van der Waals surface area contributed by atoms with Crippen LogP contribution in [0.4, 0.5) is 4.79 Å². The first-order valence-electron chi connectivity index (χ1n) is 23.7. The van der Waals surface area contributed by atoms with E-state index in [9.17, 15) is 19.6 Å². The highest BCUT2D eigenvalue weighted by Crippen LogP contribution is 2.32. The maximum absolute atomic E-state index is 12.1. The van der Waals surface area contributed by atoms with E-state index in [-0.39, 0.29) is 37.6 Å². The highest BCUT2D eigenvalue weighted by Gasteiger charge is 2.30. The zero-order chi connectivity index (χ0) is 45.4. The zero-order valence-electron chi connectivity index (χ0n) is 38.6. The molecule has 4 aliphatic rings. The number of amides is 3. The SMILES string of the molecule is CO.COC(=O)N=c1n(CC(N)=O)c2ccccc2n1C1CCN(C2CCCCCCC2)CC1.Cl.N#CN=c1n(CC(N)=O)c2ccccc2n1C1CCN(C2CCCCCCC2)CC1. The number of carbonyl (C=O) groups is 3. The summed E-state index contributed by atoms with van der Waals surface area (Å²) in [6.45, 7) is 4.21. The summed E-state index contributed by atoms with van der Waals surface area (Å²) in [7, 11) is 2.31. The second-order valence-corrected chi connectivity index (χ2v) is 17.7. The molecule has 2 saturated carbocycles. The normalized spacial score (nSPS) is 19.6. The molecule has 2 aliphatic heterocycles. The van der Waals surface area contributed by atoms with Gasteiger partial charge in [-0.3, -0.25) is 14.2 Å². The van der Waals surface area contributed by atoms with E-state index in [1.54, 1.807) is 9.13 Å². The third-order valence-corrected chi connectivity index (χ3v) is 13.8. The number of hydrogen-bond donors (Lipinski definition) is 3. The third-order valence-electron chi connectivity index (χ3n) is 13.8. The lowest BCUT2D eigenvalue weighted by atomic mass is 9.93. The van der Waals surface area contributed by atoms with Crippen LogP contribution in [0, 0.1) is 11.5 Å². The van der Waals surface area contributed by atoms with Gasteiger partial charge in [0.25, 0.3) is 0 Å². The van der Waals surface area contributed by atoms with Crippen LogP contribution in [0.1, 0.15) is 128 Å². The van der Waals surface area contributed by atoms with E-state index in [0.717, 1.165) is 87.1 Å². The number of halogens is 1. The molecule has 0 unspecified atom stereocenters. The van der Waals surface area contributed by atoms with Gasteiger partial charge in [0.05, 0.1) is 29.2 Å². The average Bonchev–Trinajstić information content (AvgIpc) is 3.75. The maximum atomic E-state index is 12.1. The van der Waals surface area contributed by atoms with Gasteiger partial charge in [0.1, 0.15) is 13.1 Å². The van der Waals surface area contributed by atoms with Gasteiger partial charge in [-0.15, -0.1) is 22.4 Å². The number of nitriles is 1. The molecule has 4 fully saturated rings. The van der Waals surface area contributed by atoms with Crippen molar-refractivity contribution in [1.82, 2.24) is 28.1 Å². The molecule has 0 atom stereocenters. The van der Waals surface area contributed by atoms with Crippen LogP contribution in [-0.4, -0.2) is 104 Å². The van der Waals surface area contributed by atoms with Crippen LogP contribution in [0.15, 0.2) is 58.5 Å². The lowest BCUT2D eigenvalue weighted by Gasteiger charge is -2.39. The molecule has 2 aromatic heterocycles. The second kappa shape index (κ2) is 25.7. The first kappa shape index (κ1) is 51.0. The summed E-state index contributed by atoms with van der Waals surface area (Å²) >= 11 is 0. The Morgan fingerprint density at radius 1 is 0.600 bits per heavy atom. The highest BCUT2D eigenvalue weighted by molar-refractivity contribution is 5.85. The van der Waals surface area contributed by atoms with Gasteiger partial charge in [-0.1, -0.05) is 88.5 Å². The molecule has 0 spiro atoms. The van der Waals surface area contributed by atoms with Crippen molar-refractivity contribution in [3.05, 3.63) is 59.8 Å². The van der Waals surface area contributed by atoms with Gasteiger partial charge in [0.2, 0.25) is 29.2 Å². The lowest BCUT2D eigenvalue weighted by Crippen LogP contribution is -2.44. The minimum absolute atomic E-state index is 0. The van der Waals surface area contributed by atoms with Crippen LogP contribution in [-0.2, 0) is 27.4 Å². The fourth-order valence-corrected chi connectivity index (χ4v) is 10.8. The number of aromatic nitrogens is 4. The summed E-state index contributed by atoms with van der Waals surface area (Å²) in [5, 5.41) is 16.3. The molecule has 356 valence electrons. The Bertz CT molecular complexity index is 2330. The summed E-state index contributed by atoms with van der Waals surface area (Å²) < 4.78 is 12.6. The fraction of sp³-hybridized carbons (Fsp3) is 0.625. The smallest absolute Gasteiger partial charge is 0.436 e. The molecular formula is C48H72ClN11O5. The first-order valence-corrected chi connectivity index (χ1v) is 23.7. The van der Waals surface area contributed by atoms with Crippen molar-refractivity contribution in [2.75, 3.05) is 40.4 Å². The molecule has 4 heterocycles. The maximum Gasteiger partial charge on any atom is 0.436 e. The van der Waals surface area contributed by atoms with E-state index in [1.807, 2.05) is 54.7 Å². The number of benzene rings is 2. The van der Waals surface area contributed by atoms with E-state index in [4.69, 9.17) is 21.3 Å². The van der Waals surface area contributed by atoms with Crippen molar-refractivity contribution < 1.29 is 24.2 Å². The quantitative estimate of drug-likeness (QED) is 0.167. The summed E-state index contributed by atoms with van der Waals surface area (Å²) in [6, 6.07) is 17.7. The molecular weight excluding hydrogens is 846 g/mol. The average molecular weight is 919 g/mol. The van der Waals surface area contributed by atoms with Crippen molar-refractivity contribution in [2.24, 2.45) is 21.5 Å². The van der Waals surface area contributed by atoms with Crippen molar-refractivity contribution in [3.63, 3.8) is 0 Å². The van der Waals surface area contributed by atoms with Crippen LogP contribution in [0.5, 0.6) is 0 Å². The number of primary amides is 2. The molecule has 5 N–H and O–H groups in total. The van der Waals surface area contributed by atoms with E-state index < -0.39 is 17.9 Å². The molecule has 4 aromatic rings. The number of imidazole rings is 2. The molecule has 2 aromatic carbocycles. The number of likely N-dealkylation sites (tertiary alicyclic amines) is 2. The predicted octanol–water partition coefficient (Wildman–Crippen LogP) is 6.43. The molecule has 0 bridgehead atoms. The number of hydrogen-bond acceptors (Lipinski definition) is 9. The molecule has 17 heteroatoms. The summed E-state index contributed by atoms with van der Waals surface area (Å²) in [4.78, 5) is 49.3. The van der Waals surface area contributed by atoms with Crippen molar-refractivity contribution in [1.29, 1.82) is 5.26 Å². The predicted molar refractivity (Wildman–Crippen MR) is 255 cm³/mol. The number of para-hydroxylation sites is 4. The monoisotopic (exact) mass is 918 g/mol.